The lowest BCUT2D eigenvalue weighted by molar-refractivity contribution is -0.303. The number of ether oxygens (including phenoxy) is 2. The van der Waals surface area contributed by atoms with Crippen molar-refractivity contribution in [2.24, 2.45) is 0 Å². The zero-order valence-electron chi connectivity index (χ0n) is 23.6. The molecule has 9 atom stereocenters. The van der Waals surface area contributed by atoms with Crippen molar-refractivity contribution in [2.75, 3.05) is 13.2 Å². The Kier molecular flexibility index (Phi) is 19.0. The topological polar surface area (TPSA) is 189 Å². The van der Waals surface area contributed by atoms with Crippen molar-refractivity contribution in [2.45, 2.75) is 146 Å². The number of nitrogens with one attached hydrogen (secondary N) is 1. The Hall–Kier alpha value is -1.15. The molecule has 1 amide bonds. The van der Waals surface area contributed by atoms with Crippen LogP contribution in [0.25, 0.3) is 0 Å². The molecule has 11 nitrogen and oxygen atoms in total. The second kappa shape index (κ2) is 20.7. The van der Waals surface area contributed by atoms with Gasteiger partial charge in [-0.3, -0.25) is 4.79 Å². The second-order valence-electron chi connectivity index (χ2n) is 10.5. The highest BCUT2D eigenvalue weighted by Gasteiger charge is 2.44. The van der Waals surface area contributed by atoms with Gasteiger partial charge in [0.15, 0.2) is 6.29 Å². The van der Waals surface area contributed by atoms with Gasteiger partial charge in [-0.05, 0) is 32.1 Å². The maximum Gasteiger partial charge on any atom is 0.249 e. The fourth-order valence-corrected chi connectivity index (χ4v) is 4.44. The summed E-state index contributed by atoms with van der Waals surface area (Å²) in [6.45, 7) is 3.14. The molecule has 11 heteroatoms. The molecule has 1 heterocycles. The summed E-state index contributed by atoms with van der Waals surface area (Å²) < 4.78 is 10.8. The SMILES string of the molecule is CCCCCC/C=C\CCC(O)C(=O)NC(COC1OC(CO)C(O)C(O)C1O)C(O)C(O)CCCCCC. The van der Waals surface area contributed by atoms with Crippen LogP contribution in [0.2, 0.25) is 0 Å². The molecule has 1 rings (SSSR count). The van der Waals surface area contributed by atoms with Crippen LogP contribution in [0.5, 0.6) is 0 Å². The zero-order valence-corrected chi connectivity index (χ0v) is 23.6. The summed E-state index contributed by atoms with van der Waals surface area (Å²) in [5.74, 6) is -0.744. The van der Waals surface area contributed by atoms with Gasteiger partial charge in [0.1, 0.15) is 36.6 Å². The third kappa shape index (κ3) is 13.4. The molecule has 0 aromatic rings. The fraction of sp³-hybridized carbons (Fsp3) is 0.893. The maximum atomic E-state index is 12.7. The van der Waals surface area contributed by atoms with Crippen LogP contribution in [-0.2, 0) is 14.3 Å². The quantitative estimate of drug-likeness (QED) is 0.0727. The number of rotatable bonds is 21. The van der Waals surface area contributed by atoms with Crippen LogP contribution in [0, 0.1) is 0 Å². The van der Waals surface area contributed by atoms with E-state index >= 15 is 0 Å². The average Bonchev–Trinajstić information content (AvgIpc) is 2.93. The van der Waals surface area contributed by atoms with Crippen LogP contribution in [0.15, 0.2) is 12.2 Å². The Morgan fingerprint density at radius 3 is 2.15 bits per heavy atom. The van der Waals surface area contributed by atoms with E-state index in [9.17, 15) is 40.5 Å². The van der Waals surface area contributed by atoms with Gasteiger partial charge in [0, 0.05) is 0 Å². The van der Waals surface area contributed by atoms with Crippen molar-refractivity contribution in [3.8, 4) is 0 Å². The lowest BCUT2D eigenvalue weighted by atomic mass is 9.98. The van der Waals surface area contributed by atoms with Crippen LogP contribution < -0.4 is 5.32 Å². The van der Waals surface area contributed by atoms with Crippen LogP contribution in [0.4, 0.5) is 0 Å². The number of aliphatic hydroxyl groups is 7. The largest absolute Gasteiger partial charge is 0.394 e. The van der Waals surface area contributed by atoms with Gasteiger partial charge in [-0.2, -0.15) is 0 Å². The Labute approximate surface area is 232 Å². The molecule has 8 N–H and O–H groups in total. The first-order chi connectivity index (χ1) is 18.7. The van der Waals surface area contributed by atoms with Gasteiger partial charge >= 0.3 is 0 Å². The Morgan fingerprint density at radius 1 is 0.872 bits per heavy atom. The standard InChI is InChI=1S/C28H53NO10/c1-3-5-7-9-10-11-12-14-16-21(32)27(37)29-19(23(33)20(31)15-13-8-6-4-2)18-38-28-26(36)25(35)24(34)22(17-30)39-28/h11-12,19-26,28,30-36H,3-10,13-18H2,1-2H3,(H,29,37)/b12-11-. The van der Waals surface area contributed by atoms with Crippen molar-refractivity contribution in [3.63, 3.8) is 0 Å². The molecule has 1 saturated heterocycles. The summed E-state index contributed by atoms with van der Waals surface area (Å²) in [5.41, 5.74) is 0. The predicted octanol–water partition coefficient (Wildman–Crippen LogP) is 0.648. The van der Waals surface area contributed by atoms with Crippen LogP contribution in [0.3, 0.4) is 0 Å². The average molecular weight is 564 g/mol. The summed E-state index contributed by atoms with van der Waals surface area (Å²) in [7, 11) is 0. The van der Waals surface area contributed by atoms with E-state index in [1.165, 1.54) is 19.3 Å². The van der Waals surface area contributed by atoms with Gasteiger partial charge in [-0.25, -0.2) is 0 Å². The normalized spacial score (nSPS) is 26.8. The molecule has 1 fully saturated rings. The van der Waals surface area contributed by atoms with Crippen molar-refractivity contribution < 1.29 is 50.0 Å². The minimum Gasteiger partial charge on any atom is -0.394 e. The highest BCUT2D eigenvalue weighted by atomic mass is 16.7. The first kappa shape index (κ1) is 35.9. The Bertz CT molecular complexity index is 664. The third-order valence-electron chi connectivity index (χ3n) is 7.08. The molecule has 1 aliphatic rings. The molecule has 0 radical (unpaired) electrons. The number of carbonyl (C=O) groups is 1. The number of aliphatic hydroxyl groups excluding tert-OH is 7. The smallest absolute Gasteiger partial charge is 0.249 e. The summed E-state index contributed by atoms with van der Waals surface area (Å²) in [6.07, 6.45) is 2.57. The fourth-order valence-electron chi connectivity index (χ4n) is 4.44. The molecule has 0 aliphatic carbocycles. The van der Waals surface area contributed by atoms with E-state index in [0.29, 0.717) is 19.3 Å². The minimum atomic E-state index is -1.66. The minimum absolute atomic E-state index is 0.174. The van der Waals surface area contributed by atoms with Gasteiger partial charge in [0.2, 0.25) is 5.91 Å². The number of hydrogen-bond acceptors (Lipinski definition) is 10. The molecule has 230 valence electrons. The number of hydrogen-bond donors (Lipinski definition) is 8. The summed E-state index contributed by atoms with van der Waals surface area (Å²) in [5, 5.41) is 73.8. The lowest BCUT2D eigenvalue weighted by Crippen LogP contribution is -2.60. The van der Waals surface area contributed by atoms with E-state index in [1.807, 2.05) is 12.2 Å². The molecule has 0 bridgehead atoms. The van der Waals surface area contributed by atoms with Gasteiger partial charge in [0.25, 0.3) is 0 Å². The van der Waals surface area contributed by atoms with E-state index in [4.69, 9.17) is 9.47 Å². The number of allylic oxidation sites excluding steroid dienone is 2. The van der Waals surface area contributed by atoms with Crippen molar-refractivity contribution in [1.82, 2.24) is 5.32 Å². The molecule has 9 unspecified atom stereocenters. The summed E-state index contributed by atoms with van der Waals surface area (Å²) in [6, 6.07) is -1.17. The Morgan fingerprint density at radius 2 is 1.51 bits per heavy atom. The molecule has 1 aliphatic heterocycles. The third-order valence-corrected chi connectivity index (χ3v) is 7.08. The van der Waals surface area contributed by atoms with E-state index in [1.54, 1.807) is 0 Å². The Balaban J connectivity index is 2.74. The molecule has 39 heavy (non-hydrogen) atoms. The van der Waals surface area contributed by atoms with Gasteiger partial charge in [0.05, 0.1) is 25.4 Å². The maximum absolute atomic E-state index is 12.7. The molecule has 0 spiro atoms. The second-order valence-corrected chi connectivity index (χ2v) is 10.5. The van der Waals surface area contributed by atoms with Gasteiger partial charge in [-0.15, -0.1) is 0 Å². The number of amides is 1. The predicted molar refractivity (Wildman–Crippen MR) is 146 cm³/mol. The number of carbonyl (C=O) groups excluding carboxylic acids is 1. The molecule has 0 aromatic heterocycles. The van der Waals surface area contributed by atoms with Crippen LogP contribution >= 0.6 is 0 Å². The van der Waals surface area contributed by atoms with Crippen LogP contribution in [0.1, 0.15) is 90.9 Å². The first-order valence-corrected chi connectivity index (χ1v) is 14.6. The highest BCUT2D eigenvalue weighted by Crippen LogP contribution is 2.22. The molecular formula is C28H53NO10. The molecule has 0 aromatic carbocycles. The molecular weight excluding hydrogens is 510 g/mol. The van der Waals surface area contributed by atoms with Gasteiger partial charge in [-0.1, -0.05) is 70.9 Å². The van der Waals surface area contributed by atoms with Crippen molar-refractivity contribution in [1.29, 1.82) is 0 Å². The monoisotopic (exact) mass is 563 g/mol. The summed E-state index contributed by atoms with van der Waals surface area (Å²) >= 11 is 0. The lowest BCUT2D eigenvalue weighted by Gasteiger charge is -2.40. The molecule has 0 saturated carbocycles. The van der Waals surface area contributed by atoms with E-state index < -0.39 is 74.2 Å². The van der Waals surface area contributed by atoms with Gasteiger partial charge < -0.3 is 50.5 Å². The van der Waals surface area contributed by atoms with E-state index in [0.717, 1.165) is 32.1 Å². The first-order valence-electron chi connectivity index (χ1n) is 14.6. The zero-order chi connectivity index (χ0) is 29.2. The van der Waals surface area contributed by atoms with E-state index in [2.05, 4.69) is 19.2 Å². The highest BCUT2D eigenvalue weighted by molar-refractivity contribution is 5.80. The van der Waals surface area contributed by atoms with Crippen molar-refractivity contribution in [3.05, 3.63) is 12.2 Å². The van der Waals surface area contributed by atoms with Crippen LogP contribution in [-0.4, -0.2) is 110 Å². The van der Waals surface area contributed by atoms with Crippen molar-refractivity contribution >= 4 is 5.91 Å². The van der Waals surface area contributed by atoms with E-state index in [-0.39, 0.29) is 6.42 Å². The number of unbranched alkanes of at least 4 members (excludes halogenated alkanes) is 7. The summed E-state index contributed by atoms with van der Waals surface area (Å²) in [4.78, 5) is 12.7.